The van der Waals surface area contributed by atoms with Gasteiger partial charge in [-0.05, 0) is 37.3 Å². The summed E-state index contributed by atoms with van der Waals surface area (Å²) in [4.78, 5) is 29.2. The van der Waals surface area contributed by atoms with Crippen LogP contribution < -0.4 is 4.74 Å². The summed E-state index contributed by atoms with van der Waals surface area (Å²) in [5.41, 5.74) is 1.90. The molecule has 24 heavy (non-hydrogen) atoms. The molecule has 0 bridgehead atoms. The SMILES string of the molecule is CCN(CCC(=O)O)C(=O)c1ccc(OC)c(-c2ccccn2)c1. The van der Waals surface area contributed by atoms with Crippen molar-refractivity contribution in [2.24, 2.45) is 0 Å². The van der Waals surface area contributed by atoms with Crippen molar-refractivity contribution in [1.29, 1.82) is 0 Å². The van der Waals surface area contributed by atoms with Gasteiger partial charge in [-0.15, -0.1) is 0 Å². The summed E-state index contributed by atoms with van der Waals surface area (Å²) in [5, 5.41) is 8.81. The molecule has 0 unspecified atom stereocenters. The second kappa shape index (κ2) is 8.10. The number of carboxylic acids is 1. The summed E-state index contributed by atoms with van der Waals surface area (Å²) >= 11 is 0. The maximum atomic E-state index is 12.6. The van der Waals surface area contributed by atoms with E-state index in [2.05, 4.69) is 4.98 Å². The molecule has 1 amide bonds. The van der Waals surface area contributed by atoms with Gasteiger partial charge in [0.25, 0.3) is 5.91 Å². The molecule has 126 valence electrons. The molecule has 1 heterocycles. The van der Waals surface area contributed by atoms with E-state index in [1.807, 2.05) is 25.1 Å². The zero-order valence-corrected chi connectivity index (χ0v) is 13.7. The molecule has 0 aliphatic heterocycles. The molecule has 0 aliphatic carbocycles. The second-order valence-electron chi connectivity index (χ2n) is 5.16. The van der Waals surface area contributed by atoms with E-state index < -0.39 is 5.97 Å². The Kier molecular flexibility index (Phi) is 5.89. The Morgan fingerprint density at radius 1 is 1.25 bits per heavy atom. The van der Waals surface area contributed by atoms with Gasteiger partial charge in [0.15, 0.2) is 0 Å². The Bertz CT molecular complexity index is 716. The molecule has 0 fully saturated rings. The van der Waals surface area contributed by atoms with Crippen LogP contribution in [0.4, 0.5) is 0 Å². The van der Waals surface area contributed by atoms with Crippen LogP contribution in [0.5, 0.6) is 5.75 Å². The van der Waals surface area contributed by atoms with Crippen LogP contribution in [0.2, 0.25) is 0 Å². The molecular formula is C18H20N2O4. The molecule has 0 spiro atoms. The van der Waals surface area contributed by atoms with Crippen LogP contribution in [0.3, 0.4) is 0 Å². The first kappa shape index (κ1) is 17.5. The minimum Gasteiger partial charge on any atom is -0.496 e. The van der Waals surface area contributed by atoms with E-state index in [9.17, 15) is 9.59 Å². The van der Waals surface area contributed by atoms with E-state index in [1.165, 1.54) is 4.90 Å². The first-order valence-electron chi connectivity index (χ1n) is 7.67. The van der Waals surface area contributed by atoms with Gasteiger partial charge >= 0.3 is 5.97 Å². The van der Waals surface area contributed by atoms with E-state index in [0.29, 0.717) is 23.6 Å². The molecule has 1 aromatic heterocycles. The Morgan fingerprint density at radius 3 is 2.62 bits per heavy atom. The van der Waals surface area contributed by atoms with Crippen LogP contribution in [-0.4, -0.2) is 47.1 Å². The molecule has 6 nitrogen and oxygen atoms in total. The molecule has 1 aromatic carbocycles. The number of nitrogens with zero attached hydrogens (tertiary/aromatic N) is 2. The van der Waals surface area contributed by atoms with Crippen LogP contribution in [-0.2, 0) is 4.79 Å². The number of carboxylic acid groups (broad SMARTS) is 1. The molecular weight excluding hydrogens is 308 g/mol. The number of hydrogen-bond donors (Lipinski definition) is 1. The number of rotatable bonds is 7. The van der Waals surface area contributed by atoms with Crippen molar-refractivity contribution in [3.63, 3.8) is 0 Å². The van der Waals surface area contributed by atoms with Crippen molar-refractivity contribution < 1.29 is 19.4 Å². The normalized spacial score (nSPS) is 10.2. The van der Waals surface area contributed by atoms with E-state index in [0.717, 1.165) is 5.56 Å². The number of benzene rings is 1. The monoisotopic (exact) mass is 328 g/mol. The average molecular weight is 328 g/mol. The van der Waals surface area contributed by atoms with E-state index in [-0.39, 0.29) is 18.9 Å². The fraction of sp³-hybridized carbons (Fsp3) is 0.278. The van der Waals surface area contributed by atoms with Gasteiger partial charge in [-0.2, -0.15) is 0 Å². The average Bonchev–Trinajstić information content (AvgIpc) is 2.62. The number of amides is 1. The number of methoxy groups -OCH3 is 1. The molecule has 0 aliphatic rings. The third-order valence-corrected chi connectivity index (χ3v) is 3.65. The molecule has 2 rings (SSSR count). The van der Waals surface area contributed by atoms with Gasteiger partial charge < -0.3 is 14.7 Å². The minimum absolute atomic E-state index is 0.0805. The topological polar surface area (TPSA) is 79.7 Å². The molecule has 1 N–H and O–H groups in total. The first-order chi connectivity index (χ1) is 11.6. The highest BCUT2D eigenvalue weighted by Crippen LogP contribution is 2.29. The molecule has 0 saturated heterocycles. The van der Waals surface area contributed by atoms with Crippen molar-refractivity contribution in [2.45, 2.75) is 13.3 Å². The van der Waals surface area contributed by atoms with Crippen molar-refractivity contribution in [3.8, 4) is 17.0 Å². The van der Waals surface area contributed by atoms with Crippen LogP contribution in [0.25, 0.3) is 11.3 Å². The lowest BCUT2D eigenvalue weighted by Gasteiger charge is -2.20. The Balaban J connectivity index is 2.33. The van der Waals surface area contributed by atoms with Gasteiger partial charge in [-0.25, -0.2) is 0 Å². The highest BCUT2D eigenvalue weighted by Gasteiger charge is 2.18. The Labute approximate surface area is 140 Å². The maximum absolute atomic E-state index is 12.6. The largest absolute Gasteiger partial charge is 0.496 e. The molecule has 0 saturated carbocycles. The Hall–Kier alpha value is -2.89. The third kappa shape index (κ3) is 4.10. The summed E-state index contributed by atoms with van der Waals surface area (Å²) in [6.45, 7) is 2.44. The fourth-order valence-corrected chi connectivity index (χ4v) is 2.38. The van der Waals surface area contributed by atoms with Gasteiger partial charge in [-0.3, -0.25) is 14.6 Å². The summed E-state index contributed by atoms with van der Waals surface area (Å²) in [5.74, 6) is -0.512. The van der Waals surface area contributed by atoms with Crippen molar-refractivity contribution in [3.05, 3.63) is 48.2 Å². The highest BCUT2D eigenvalue weighted by atomic mass is 16.5. The van der Waals surface area contributed by atoms with Crippen LogP contribution in [0, 0.1) is 0 Å². The molecule has 0 radical (unpaired) electrons. The van der Waals surface area contributed by atoms with Gasteiger partial charge in [0.1, 0.15) is 5.75 Å². The predicted octanol–water partition coefficient (Wildman–Crippen LogP) is 2.69. The van der Waals surface area contributed by atoms with Gasteiger partial charge in [0.05, 0.1) is 19.2 Å². The van der Waals surface area contributed by atoms with E-state index >= 15 is 0 Å². The van der Waals surface area contributed by atoms with Gasteiger partial charge in [-0.1, -0.05) is 6.07 Å². The summed E-state index contributed by atoms with van der Waals surface area (Å²) in [7, 11) is 1.56. The lowest BCUT2D eigenvalue weighted by Crippen LogP contribution is -2.32. The maximum Gasteiger partial charge on any atom is 0.305 e. The van der Waals surface area contributed by atoms with Crippen molar-refractivity contribution in [2.75, 3.05) is 20.2 Å². The first-order valence-corrected chi connectivity index (χ1v) is 7.67. The van der Waals surface area contributed by atoms with Crippen molar-refractivity contribution in [1.82, 2.24) is 9.88 Å². The number of pyridine rings is 1. The number of carbonyl (C=O) groups is 2. The lowest BCUT2D eigenvalue weighted by atomic mass is 10.0. The molecule has 6 heteroatoms. The summed E-state index contributed by atoms with van der Waals surface area (Å²) < 4.78 is 5.36. The zero-order chi connectivity index (χ0) is 17.5. The zero-order valence-electron chi connectivity index (χ0n) is 13.7. The van der Waals surface area contributed by atoms with Crippen LogP contribution in [0.1, 0.15) is 23.7 Å². The number of hydrogen-bond acceptors (Lipinski definition) is 4. The minimum atomic E-state index is -0.926. The fourth-order valence-electron chi connectivity index (χ4n) is 2.38. The van der Waals surface area contributed by atoms with Crippen LogP contribution in [0.15, 0.2) is 42.6 Å². The standard InChI is InChI=1S/C18H20N2O4/c1-3-20(11-9-17(21)22)18(23)13-7-8-16(24-2)14(12-13)15-6-4-5-10-19-15/h4-8,10,12H,3,9,11H2,1-2H3,(H,21,22). The molecule has 0 atom stereocenters. The van der Waals surface area contributed by atoms with Gasteiger partial charge in [0.2, 0.25) is 0 Å². The summed E-state index contributed by atoms with van der Waals surface area (Å²) in [6.07, 6.45) is 1.59. The number of aromatic nitrogens is 1. The third-order valence-electron chi connectivity index (χ3n) is 3.65. The lowest BCUT2D eigenvalue weighted by molar-refractivity contribution is -0.137. The second-order valence-corrected chi connectivity index (χ2v) is 5.16. The Morgan fingerprint density at radius 2 is 2.04 bits per heavy atom. The number of ether oxygens (including phenoxy) is 1. The smallest absolute Gasteiger partial charge is 0.305 e. The van der Waals surface area contributed by atoms with Crippen LogP contribution >= 0.6 is 0 Å². The van der Waals surface area contributed by atoms with Gasteiger partial charge in [0, 0.05) is 30.4 Å². The summed E-state index contributed by atoms with van der Waals surface area (Å²) in [6, 6.07) is 10.7. The molecule has 2 aromatic rings. The van der Waals surface area contributed by atoms with E-state index in [1.54, 1.807) is 31.5 Å². The van der Waals surface area contributed by atoms with E-state index in [4.69, 9.17) is 9.84 Å². The number of carbonyl (C=O) groups excluding carboxylic acids is 1. The predicted molar refractivity (Wildman–Crippen MR) is 90.1 cm³/mol. The quantitative estimate of drug-likeness (QED) is 0.845. The highest BCUT2D eigenvalue weighted by molar-refractivity contribution is 5.96. The van der Waals surface area contributed by atoms with Crippen molar-refractivity contribution >= 4 is 11.9 Å². The number of aliphatic carboxylic acids is 1.